The lowest BCUT2D eigenvalue weighted by Crippen LogP contribution is -1.48. The van der Waals surface area contributed by atoms with Crippen LogP contribution in [0.1, 0.15) is 0 Å². The van der Waals surface area contributed by atoms with Crippen molar-refractivity contribution in [3.63, 3.8) is 0 Å². The molecule has 1 radical (unpaired) electrons. The maximum absolute atomic E-state index is 2.54. The van der Waals surface area contributed by atoms with Crippen molar-refractivity contribution < 1.29 is 0 Å². The van der Waals surface area contributed by atoms with E-state index in [1.807, 2.05) is 17.5 Å². The highest BCUT2D eigenvalue weighted by Crippen LogP contribution is 2.23. The van der Waals surface area contributed by atoms with Crippen LogP contribution < -0.4 is 0 Å². The first-order valence-electron chi connectivity index (χ1n) is 1.27. The van der Waals surface area contributed by atoms with E-state index in [9.17, 15) is 0 Å². The summed E-state index contributed by atoms with van der Waals surface area (Å²) in [5, 5.41) is 0. The van der Waals surface area contributed by atoms with Gasteiger partial charge >= 0.3 is 0 Å². The third kappa shape index (κ3) is 5.27. The van der Waals surface area contributed by atoms with Crippen molar-refractivity contribution in [2.75, 3.05) is 6.66 Å². The Kier molecular flexibility index (Phi) is 6.62. The molecule has 0 fully saturated rings. The Hall–Kier alpha value is 1.27. The summed E-state index contributed by atoms with van der Waals surface area (Å²) in [5.74, 6) is 0. The molecule has 0 aliphatic rings. The van der Waals surface area contributed by atoms with E-state index in [4.69, 9.17) is 0 Å². The van der Waals surface area contributed by atoms with Crippen molar-refractivity contribution in [2.45, 2.75) is 0 Å². The Morgan fingerprint density at radius 1 is 2.00 bits per heavy atom. The molecule has 2 atom stereocenters. The van der Waals surface area contributed by atoms with Crippen molar-refractivity contribution in [2.24, 2.45) is 0 Å². The molecule has 0 spiro atoms. The molecule has 0 heterocycles. The molecule has 0 rings (SSSR count). The van der Waals surface area contributed by atoms with Gasteiger partial charge < -0.3 is 0 Å². The van der Waals surface area contributed by atoms with E-state index in [0.29, 0.717) is 0 Å². The lowest BCUT2D eigenvalue weighted by atomic mass is 10.7. The average molecular weight is 123 g/mol. The number of hydrogen-bond donors (Lipinski definition) is 0. The summed E-state index contributed by atoms with van der Waals surface area (Å²) >= 11 is 1.83. The Morgan fingerprint density at radius 3 is 2.60 bits per heavy atom. The molecule has 0 N–H and O–H groups in total. The zero-order valence-corrected chi connectivity index (χ0v) is 6.03. The van der Waals surface area contributed by atoms with Crippen LogP contribution in [0.2, 0.25) is 0 Å². The highest BCUT2D eigenvalue weighted by atomic mass is 32.7. The molecule has 0 aromatic rings. The van der Waals surface area contributed by atoms with Gasteiger partial charge in [0.15, 0.2) is 0 Å². The van der Waals surface area contributed by atoms with Gasteiger partial charge in [-0.2, -0.15) is 20.4 Å². The van der Waals surface area contributed by atoms with Crippen LogP contribution in [0.5, 0.6) is 0 Å². The summed E-state index contributed by atoms with van der Waals surface area (Å²) in [7, 11) is 3.54. The van der Waals surface area contributed by atoms with Gasteiger partial charge in [0.25, 0.3) is 0 Å². The molecule has 2 unspecified atom stereocenters. The van der Waals surface area contributed by atoms with Gasteiger partial charge in [0.1, 0.15) is 0 Å². The maximum atomic E-state index is 2.54. The van der Waals surface area contributed by atoms with Gasteiger partial charge in [0, 0.05) is 0 Å². The zero-order chi connectivity index (χ0) is 4.12. The summed E-state index contributed by atoms with van der Waals surface area (Å²) in [4.78, 5) is 0. The van der Waals surface area contributed by atoms with E-state index in [1.54, 1.807) is 0 Å². The van der Waals surface area contributed by atoms with E-state index in [1.165, 1.54) is 0 Å². The molecule has 0 bridgehead atoms. The fourth-order valence-electron chi connectivity index (χ4n) is 0.0680. The molecular weight excluding hydrogens is 117 g/mol. The molecule has 0 saturated carbocycles. The van der Waals surface area contributed by atoms with Crippen LogP contribution in [0.3, 0.4) is 0 Å². The fourth-order valence-corrected chi connectivity index (χ4v) is 1.84. The van der Waals surface area contributed by atoms with Crippen molar-refractivity contribution in [3.05, 3.63) is 0 Å². The molecule has 0 nitrogen and oxygen atoms in total. The lowest BCUT2D eigenvalue weighted by Gasteiger charge is -1.79. The maximum Gasteiger partial charge on any atom is 0.224 e. The second kappa shape index (κ2) is 5.27. The second-order valence-electron chi connectivity index (χ2n) is 0.458. The van der Waals surface area contributed by atoms with E-state index >= 15 is 0 Å². The van der Waals surface area contributed by atoms with Gasteiger partial charge in [-0.3, -0.25) is 0 Å². The normalized spacial score (nSPS) is 10.0. The van der Waals surface area contributed by atoms with Gasteiger partial charge in [0.2, 0.25) is 6.28 Å². The summed E-state index contributed by atoms with van der Waals surface area (Å²) in [6.45, 7) is 2.16. The number of hydrogen-bond acceptors (Lipinski definition) is 1. The smallest absolute Gasteiger partial charge is 0.188 e. The van der Waals surface area contributed by atoms with E-state index in [2.05, 4.69) is 15.8 Å². The topological polar surface area (TPSA) is 0 Å². The van der Waals surface area contributed by atoms with Crippen molar-refractivity contribution in [3.8, 4) is 0 Å². The monoisotopic (exact) mass is 123 g/mol. The quantitative estimate of drug-likeness (QED) is 0.394. The molecule has 0 saturated heterocycles. The Labute approximate surface area is 41.7 Å². The highest BCUT2D eigenvalue weighted by Gasteiger charge is 1.70. The predicted octanol–water partition coefficient (Wildman–Crippen LogP) is 1.35. The molecule has 29 valence electrons. The van der Waals surface area contributed by atoms with Crippen molar-refractivity contribution in [1.82, 2.24) is 0 Å². The Morgan fingerprint density at radius 2 is 2.60 bits per heavy atom. The molecule has 0 amide bonds. The SMILES string of the molecule is CPS[B]P. The second-order valence-corrected chi connectivity index (χ2v) is 4.12. The minimum atomic E-state index is 0.998. The van der Waals surface area contributed by atoms with Gasteiger partial charge in [-0.15, -0.1) is 0 Å². The molecular formula is CH6BP2S. The van der Waals surface area contributed by atoms with Crippen LogP contribution in [-0.4, -0.2) is 12.9 Å². The molecule has 4 heteroatoms. The van der Waals surface area contributed by atoms with E-state index in [-0.39, 0.29) is 0 Å². The third-order valence-corrected chi connectivity index (χ3v) is 2.90. The lowest BCUT2D eigenvalue weighted by molar-refractivity contribution is 2.51. The van der Waals surface area contributed by atoms with Crippen LogP contribution in [0, 0.1) is 0 Å². The van der Waals surface area contributed by atoms with Gasteiger partial charge in [0.05, 0.1) is 0 Å². The highest BCUT2D eigenvalue weighted by molar-refractivity contribution is 8.66. The van der Waals surface area contributed by atoms with Gasteiger partial charge in [-0.1, -0.05) is 7.78 Å². The minimum absolute atomic E-state index is 0.998. The van der Waals surface area contributed by atoms with Crippen LogP contribution in [-0.2, 0) is 0 Å². The van der Waals surface area contributed by atoms with Crippen LogP contribution in [0.25, 0.3) is 0 Å². The predicted molar refractivity (Wildman–Crippen MR) is 37.3 cm³/mol. The minimum Gasteiger partial charge on any atom is -0.188 e. The van der Waals surface area contributed by atoms with Crippen LogP contribution >= 0.6 is 28.1 Å². The molecule has 0 aromatic carbocycles. The van der Waals surface area contributed by atoms with Crippen LogP contribution in [0.4, 0.5) is 0 Å². The molecule has 0 aromatic heterocycles. The fraction of sp³-hybridized carbons (Fsp3) is 1.00. The first kappa shape index (κ1) is 6.27. The zero-order valence-electron chi connectivity index (χ0n) is 3.06. The first-order chi connectivity index (χ1) is 2.41. The van der Waals surface area contributed by atoms with E-state index < -0.39 is 0 Å². The van der Waals surface area contributed by atoms with Gasteiger partial charge in [-0.05, 0) is 6.66 Å². The largest absolute Gasteiger partial charge is 0.224 e. The van der Waals surface area contributed by atoms with E-state index in [0.717, 1.165) is 7.78 Å². The van der Waals surface area contributed by atoms with Crippen LogP contribution in [0.15, 0.2) is 0 Å². The summed E-state index contributed by atoms with van der Waals surface area (Å²) in [5.41, 5.74) is 0. The standard InChI is InChI=1S/CH6BP2S/c1-4-5-2-3/h4H,3H2,1H3. The Balaban J connectivity index is 2.19. The van der Waals surface area contributed by atoms with Crippen molar-refractivity contribution in [1.29, 1.82) is 0 Å². The summed E-state index contributed by atoms with van der Waals surface area (Å²) < 4.78 is 0. The van der Waals surface area contributed by atoms with Gasteiger partial charge in [-0.25, -0.2) is 0 Å². The third-order valence-electron chi connectivity index (χ3n) is 0.186. The summed E-state index contributed by atoms with van der Waals surface area (Å²) in [6.07, 6.45) is 2.03. The molecule has 0 aliphatic heterocycles. The molecule has 5 heavy (non-hydrogen) atoms. The first-order valence-corrected chi connectivity index (χ1v) is 5.04. The van der Waals surface area contributed by atoms with Crippen molar-refractivity contribution >= 4 is 34.4 Å². The number of rotatable bonds is 2. The average Bonchev–Trinajstić information content (AvgIpc) is 1.41. The summed E-state index contributed by atoms with van der Waals surface area (Å²) in [6, 6.07) is 0. The molecule has 0 aliphatic carbocycles. The Bertz CT molecular complexity index is 17.1.